The van der Waals surface area contributed by atoms with E-state index in [2.05, 4.69) is 15.2 Å². The number of ether oxygens (including phenoxy) is 1. The molecule has 0 unspecified atom stereocenters. The van der Waals surface area contributed by atoms with Crippen molar-refractivity contribution in [2.75, 3.05) is 6.61 Å². The standard InChI is InChI=1S/C11H10ClN3O2/c1-2-17-11(16)10-8(12)9(14-15-10)7-4-3-5-13-6-7/h3-6H,2H2,1H3,(H,14,15). The first-order valence-corrected chi connectivity index (χ1v) is 5.43. The lowest BCUT2D eigenvalue weighted by atomic mass is 10.2. The van der Waals surface area contributed by atoms with E-state index in [4.69, 9.17) is 16.3 Å². The van der Waals surface area contributed by atoms with Crippen LogP contribution in [-0.2, 0) is 4.74 Å². The van der Waals surface area contributed by atoms with Crippen molar-refractivity contribution in [2.45, 2.75) is 6.92 Å². The van der Waals surface area contributed by atoms with Crippen LogP contribution in [0, 0.1) is 0 Å². The van der Waals surface area contributed by atoms with Crippen molar-refractivity contribution in [3.63, 3.8) is 0 Å². The average molecular weight is 252 g/mol. The van der Waals surface area contributed by atoms with Crippen molar-refractivity contribution < 1.29 is 9.53 Å². The Labute approximate surface area is 103 Å². The lowest BCUT2D eigenvalue weighted by molar-refractivity contribution is 0.0519. The number of halogens is 1. The lowest BCUT2D eigenvalue weighted by Crippen LogP contribution is -2.05. The van der Waals surface area contributed by atoms with Gasteiger partial charge in [-0.25, -0.2) is 4.79 Å². The molecule has 6 heteroatoms. The summed E-state index contributed by atoms with van der Waals surface area (Å²) in [6, 6.07) is 3.58. The smallest absolute Gasteiger partial charge is 0.357 e. The molecule has 0 saturated heterocycles. The number of hydrogen-bond donors (Lipinski definition) is 1. The molecule has 17 heavy (non-hydrogen) atoms. The number of rotatable bonds is 3. The molecule has 2 aromatic rings. The summed E-state index contributed by atoms with van der Waals surface area (Å²) in [5.41, 5.74) is 1.39. The fourth-order valence-electron chi connectivity index (χ4n) is 1.36. The molecule has 1 N–H and O–H groups in total. The first-order chi connectivity index (χ1) is 8.24. The van der Waals surface area contributed by atoms with Crippen LogP contribution in [0.2, 0.25) is 5.02 Å². The van der Waals surface area contributed by atoms with Crippen LogP contribution in [0.1, 0.15) is 17.4 Å². The van der Waals surface area contributed by atoms with Gasteiger partial charge in [0.15, 0.2) is 5.69 Å². The SMILES string of the molecule is CCOC(=O)c1[nH]nc(-c2cccnc2)c1Cl. The number of hydrogen-bond acceptors (Lipinski definition) is 4. The molecule has 0 spiro atoms. The number of esters is 1. The van der Waals surface area contributed by atoms with E-state index >= 15 is 0 Å². The highest BCUT2D eigenvalue weighted by Crippen LogP contribution is 2.27. The Bertz CT molecular complexity index is 525. The number of carbonyl (C=O) groups is 1. The quantitative estimate of drug-likeness (QED) is 0.850. The van der Waals surface area contributed by atoms with Crippen LogP contribution in [0.4, 0.5) is 0 Å². The number of aromatic amines is 1. The highest BCUT2D eigenvalue weighted by molar-refractivity contribution is 6.35. The van der Waals surface area contributed by atoms with Gasteiger partial charge in [0.05, 0.1) is 6.61 Å². The predicted octanol–water partition coefficient (Wildman–Crippen LogP) is 2.30. The normalized spacial score (nSPS) is 10.2. The van der Waals surface area contributed by atoms with Gasteiger partial charge < -0.3 is 4.74 Å². The Morgan fingerprint density at radius 1 is 1.59 bits per heavy atom. The van der Waals surface area contributed by atoms with E-state index in [1.165, 1.54) is 0 Å². The first-order valence-electron chi connectivity index (χ1n) is 5.05. The summed E-state index contributed by atoms with van der Waals surface area (Å²) >= 11 is 6.07. The van der Waals surface area contributed by atoms with Crippen molar-refractivity contribution in [1.82, 2.24) is 15.2 Å². The van der Waals surface area contributed by atoms with Crippen LogP contribution in [0.15, 0.2) is 24.5 Å². The van der Waals surface area contributed by atoms with Gasteiger partial charge in [-0.1, -0.05) is 11.6 Å². The third kappa shape index (κ3) is 2.29. The van der Waals surface area contributed by atoms with E-state index in [0.29, 0.717) is 5.69 Å². The fraction of sp³-hybridized carbons (Fsp3) is 0.182. The number of nitrogens with one attached hydrogen (secondary N) is 1. The number of carbonyl (C=O) groups excluding carboxylic acids is 1. The molecule has 0 aromatic carbocycles. The zero-order valence-electron chi connectivity index (χ0n) is 9.11. The molecule has 0 bridgehead atoms. The summed E-state index contributed by atoms with van der Waals surface area (Å²) in [5.74, 6) is -0.514. The van der Waals surface area contributed by atoms with Crippen molar-refractivity contribution in [2.24, 2.45) is 0 Å². The average Bonchev–Trinajstić information content (AvgIpc) is 2.72. The van der Waals surface area contributed by atoms with Gasteiger partial charge in [0.2, 0.25) is 0 Å². The van der Waals surface area contributed by atoms with Crippen molar-refractivity contribution in [3.05, 3.63) is 35.2 Å². The molecule has 0 aliphatic carbocycles. The molecule has 0 aliphatic rings. The summed E-state index contributed by atoms with van der Waals surface area (Å²) in [6.07, 6.45) is 3.27. The summed E-state index contributed by atoms with van der Waals surface area (Å²) in [5, 5.41) is 6.81. The highest BCUT2D eigenvalue weighted by atomic mass is 35.5. The van der Waals surface area contributed by atoms with E-state index in [0.717, 1.165) is 5.56 Å². The second-order valence-electron chi connectivity index (χ2n) is 3.22. The van der Waals surface area contributed by atoms with E-state index in [9.17, 15) is 4.79 Å². The van der Waals surface area contributed by atoms with Gasteiger partial charge in [0.1, 0.15) is 10.7 Å². The highest BCUT2D eigenvalue weighted by Gasteiger charge is 2.19. The van der Waals surface area contributed by atoms with Gasteiger partial charge in [-0.3, -0.25) is 10.1 Å². The molecule has 0 atom stereocenters. The molecule has 5 nitrogen and oxygen atoms in total. The predicted molar refractivity (Wildman–Crippen MR) is 62.8 cm³/mol. The lowest BCUT2D eigenvalue weighted by Gasteiger charge is -1.99. The Kier molecular flexibility index (Phi) is 3.39. The third-order valence-electron chi connectivity index (χ3n) is 2.12. The summed E-state index contributed by atoms with van der Waals surface area (Å²) < 4.78 is 4.85. The largest absolute Gasteiger partial charge is 0.461 e. The van der Waals surface area contributed by atoms with Crippen molar-refractivity contribution in [1.29, 1.82) is 0 Å². The van der Waals surface area contributed by atoms with Crippen LogP contribution >= 0.6 is 11.6 Å². The number of pyridine rings is 1. The van der Waals surface area contributed by atoms with Gasteiger partial charge in [0, 0.05) is 18.0 Å². The van der Waals surface area contributed by atoms with Crippen LogP contribution in [-0.4, -0.2) is 27.8 Å². The molecule has 0 radical (unpaired) electrons. The number of aromatic nitrogens is 3. The Morgan fingerprint density at radius 3 is 3.06 bits per heavy atom. The molecular formula is C11H10ClN3O2. The van der Waals surface area contributed by atoms with E-state index < -0.39 is 5.97 Å². The number of nitrogens with zero attached hydrogens (tertiary/aromatic N) is 2. The van der Waals surface area contributed by atoms with Gasteiger partial charge in [0.25, 0.3) is 0 Å². The van der Waals surface area contributed by atoms with E-state index in [-0.39, 0.29) is 17.3 Å². The minimum atomic E-state index is -0.514. The maximum atomic E-state index is 11.5. The Morgan fingerprint density at radius 2 is 2.41 bits per heavy atom. The Balaban J connectivity index is 2.37. The summed E-state index contributed by atoms with van der Waals surface area (Å²) in [4.78, 5) is 15.5. The minimum absolute atomic E-state index is 0.160. The first kappa shape index (κ1) is 11.6. The maximum Gasteiger partial charge on any atom is 0.357 e. The van der Waals surface area contributed by atoms with E-state index in [1.54, 1.807) is 25.4 Å². The topological polar surface area (TPSA) is 67.9 Å². The molecule has 2 rings (SSSR count). The monoisotopic (exact) mass is 251 g/mol. The van der Waals surface area contributed by atoms with Gasteiger partial charge in [-0.15, -0.1) is 0 Å². The van der Waals surface area contributed by atoms with Crippen molar-refractivity contribution >= 4 is 17.6 Å². The second-order valence-corrected chi connectivity index (χ2v) is 3.60. The van der Waals surface area contributed by atoms with Crippen LogP contribution in [0.5, 0.6) is 0 Å². The summed E-state index contributed by atoms with van der Waals surface area (Å²) in [6.45, 7) is 2.01. The zero-order valence-corrected chi connectivity index (χ0v) is 9.86. The molecule has 0 fully saturated rings. The molecule has 2 aromatic heterocycles. The van der Waals surface area contributed by atoms with Gasteiger partial charge in [-0.05, 0) is 19.1 Å². The third-order valence-corrected chi connectivity index (χ3v) is 2.49. The van der Waals surface area contributed by atoms with Crippen molar-refractivity contribution in [3.8, 4) is 11.3 Å². The molecule has 0 aliphatic heterocycles. The van der Waals surface area contributed by atoms with Crippen LogP contribution in [0.3, 0.4) is 0 Å². The van der Waals surface area contributed by atoms with E-state index in [1.807, 2.05) is 6.07 Å². The molecule has 0 amide bonds. The number of H-pyrrole nitrogens is 1. The minimum Gasteiger partial charge on any atom is -0.461 e. The second kappa shape index (κ2) is 4.97. The van der Waals surface area contributed by atoms with Gasteiger partial charge >= 0.3 is 5.97 Å². The molecular weight excluding hydrogens is 242 g/mol. The molecule has 0 saturated carbocycles. The van der Waals surface area contributed by atoms with Gasteiger partial charge in [-0.2, -0.15) is 5.10 Å². The summed E-state index contributed by atoms with van der Waals surface area (Å²) in [7, 11) is 0. The zero-order chi connectivity index (χ0) is 12.3. The van der Waals surface area contributed by atoms with Crippen LogP contribution in [0.25, 0.3) is 11.3 Å². The maximum absolute atomic E-state index is 11.5. The fourth-order valence-corrected chi connectivity index (χ4v) is 1.63. The molecule has 2 heterocycles. The molecule has 88 valence electrons. The van der Waals surface area contributed by atoms with Crippen LogP contribution < -0.4 is 0 Å². The Hall–Kier alpha value is -1.88.